The first-order chi connectivity index (χ1) is 5.61. The summed E-state index contributed by atoms with van der Waals surface area (Å²) in [5, 5.41) is 0. The van der Waals surface area contributed by atoms with Crippen LogP contribution in [0, 0.1) is 0 Å². The lowest BCUT2D eigenvalue weighted by atomic mass is 10.1. The lowest BCUT2D eigenvalue weighted by molar-refractivity contribution is -0.151. The largest absolute Gasteiger partial charge is 0.463 e. The number of methoxy groups -OCH3 is 1. The minimum atomic E-state index is -0.876. The summed E-state index contributed by atoms with van der Waals surface area (Å²) in [4.78, 5) is 32.0. The highest BCUT2D eigenvalue weighted by Crippen LogP contribution is 1.96. The van der Waals surface area contributed by atoms with E-state index in [0.29, 0.717) is 6.42 Å². The summed E-state index contributed by atoms with van der Waals surface area (Å²) in [6, 6.07) is 0. The quantitative estimate of drug-likeness (QED) is 0.447. The number of hydrogen-bond donors (Lipinski definition) is 0. The summed E-state index contributed by atoms with van der Waals surface area (Å²) in [7, 11) is 1.14. The van der Waals surface area contributed by atoms with Crippen molar-refractivity contribution in [2.75, 3.05) is 7.11 Å². The molecular formula is C8H12O4. The predicted octanol–water partition coefficient (Wildman–Crippen LogP) is 0.488. The molecule has 0 rings (SSSR count). The molecule has 0 radical (unpaired) electrons. The summed E-state index contributed by atoms with van der Waals surface area (Å²) < 4.78 is 4.18. The maximum Gasteiger partial charge on any atom is 0.374 e. The smallest absolute Gasteiger partial charge is 0.374 e. The van der Waals surface area contributed by atoms with Crippen LogP contribution in [0.25, 0.3) is 0 Å². The normalized spacial score (nSPS) is 9.17. The summed E-state index contributed by atoms with van der Waals surface area (Å²) in [6.45, 7) is 1.71. The second-order valence-corrected chi connectivity index (χ2v) is 2.31. The van der Waals surface area contributed by atoms with Gasteiger partial charge in [0.05, 0.1) is 7.11 Å². The van der Waals surface area contributed by atoms with E-state index in [1.807, 2.05) is 0 Å². The molecule has 12 heavy (non-hydrogen) atoms. The van der Waals surface area contributed by atoms with Crippen molar-refractivity contribution in [2.24, 2.45) is 0 Å². The van der Waals surface area contributed by atoms with Gasteiger partial charge in [-0.05, 0) is 0 Å². The van der Waals surface area contributed by atoms with Crippen LogP contribution in [0.15, 0.2) is 0 Å². The van der Waals surface area contributed by atoms with Crippen molar-refractivity contribution in [3.05, 3.63) is 0 Å². The van der Waals surface area contributed by atoms with Crippen molar-refractivity contribution >= 4 is 17.5 Å². The van der Waals surface area contributed by atoms with Gasteiger partial charge in [-0.25, -0.2) is 4.79 Å². The zero-order chi connectivity index (χ0) is 9.56. The number of ketones is 2. The molecule has 0 saturated carbocycles. The standard InChI is InChI=1S/C8H12O4/c1-3-6(9)4-5-7(10)8(11)12-2/h3-5H2,1-2H3. The molecule has 4 heteroatoms. The average Bonchev–Trinajstić information content (AvgIpc) is 2.11. The summed E-state index contributed by atoms with van der Waals surface area (Å²) in [5.41, 5.74) is 0. The van der Waals surface area contributed by atoms with Gasteiger partial charge in [0.25, 0.3) is 0 Å². The molecule has 0 bridgehead atoms. The van der Waals surface area contributed by atoms with Crippen LogP contribution in [0.2, 0.25) is 0 Å². The van der Waals surface area contributed by atoms with E-state index in [4.69, 9.17) is 0 Å². The molecule has 0 fully saturated rings. The van der Waals surface area contributed by atoms with Crippen molar-refractivity contribution in [1.29, 1.82) is 0 Å². The molecule has 0 aromatic rings. The van der Waals surface area contributed by atoms with Crippen LogP contribution in [-0.4, -0.2) is 24.6 Å². The number of Topliss-reactive ketones (excluding diaryl/α,β-unsaturated/α-hetero) is 2. The van der Waals surface area contributed by atoms with Crippen LogP contribution in [0.3, 0.4) is 0 Å². The van der Waals surface area contributed by atoms with Crippen molar-refractivity contribution in [1.82, 2.24) is 0 Å². The van der Waals surface area contributed by atoms with Crippen LogP contribution in [0.5, 0.6) is 0 Å². The van der Waals surface area contributed by atoms with Gasteiger partial charge >= 0.3 is 5.97 Å². The molecule has 0 aliphatic rings. The Balaban J connectivity index is 3.72. The highest BCUT2D eigenvalue weighted by Gasteiger charge is 2.14. The van der Waals surface area contributed by atoms with Crippen LogP contribution >= 0.6 is 0 Å². The van der Waals surface area contributed by atoms with Gasteiger partial charge in [0.15, 0.2) is 0 Å². The molecule has 0 N–H and O–H groups in total. The van der Waals surface area contributed by atoms with Crippen molar-refractivity contribution in [3.8, 4) is 0 Å². The lowest BCUT2D eigenvalue weighted by Gasteiger charge is -1.96. The van der Waals surface area contributed by atoms with Gasteiger partial charge in [0.2, 0.25) is 5.78 Å². The zero-order valence-corrected chi connectivity index (χ0v) is 7.25. The van der Waals surface area contributed by atoms with E-state index in [1.54, 1.807) is 6.92 Å². The van der Waals surface area contributed by atoms with E-state index < -0.39 is 11.8 Å². The minimum absolute atomic E-state index is 0.0211. The van der Waals surface area contributed by atoms with Crippen LogP contribution < -0.4 is 0 Å². The van der Waals surface area contributed by atoms with Crippen LogP contribution in [0.1, 0.15) is 26.2 Å². The fraction of sp³-hybridized carbons (Fsp3) is 0.625. The molecule has 4 nitrogen and oxygen atoms in total. The number of ether oxygens (including phenoxy) is 1. The number of hydrogen-bond acceptors (Lipinski definition) is 4. The minimum Gasteiger partial charge on any atom is -0.463 e. The third kappa shape index (κ3) is 3.85. The maximum absolute atomic E-state index is 10.8. The first-order valence-electron chi connectivity index (χ1n) is 3.74. The van der Waals surface area contributed by atoms with Gasteiger partial charge < -0.3 is 4.74 Å². The fourth-order valence-electron chi connectivity index (χ4n) is 0.646. The molecule has 0 aliphatic heterocycles. The van der Waals surface area contributed by atoms with Crippen LogP contribution in [-0.2, 0) is 19.1 Å². The fourth-order valence-corrected chi connectivity index (χ4v) is 0.646. The number of carbonyl (C=O) groups excluding carboxylic acids is 3. The number of rotatable bonds is 5. The Labute approximate surface area is 70.9 Å². The van der Waals surface area contributed by atoms with Gasteiger partial charge in [-0.2, -0.15) is 0 Å². The van der Waals surface area contributed by atoms with Gasteiger partial charge in [-0.15, -0.1) is 0 Å². The molecule has 68 valence electrons. The molecule has 0 aliphatic carbocycles. The first-order valence-corrected chi connectivity index (χ1v) is 3.74. The van der Waals surface area contributed by atoms with Crippen molar-refractivity contribution in [2.45, 2.75) is 26.2 Å². The second-order valence-electron chi connectivity index (χ2n) is 2.31. The van der Waals surface area contributed by atoms with E-state index in [2.05, 4.69) is 4.74 Å². The third-order valence-electron chi connectivity index (χ3n) is 1.44. The van der Waals surface area contributed by atoms with Crippen molar-refractivity contribution in [3.63, 3.8) is 0 Å². The third-order valence-corrected chi connectivity index (χ3v) is 1.44. The zero-order valence-electron chi connectivity index (χ0n) is 7.25. The number of esters is 1. The SMILES string of the molecule is CCC(=O)CCC(=O)C(=O)OC. The van der Waals surface area contributed by atoms with E-state index in [9.17, 15) is 14.4 Å². The van der Waals surface area contributed by atoms with Crippen molar-refractivity contribution < 1.29 is 19.1 Å². The molecular weight excluding hydrogens is 160 g/mol. The Morgan fingerprint density at radius 2 is 1.75 bits per heavy atom. The molecule has 0 heterocycles. The molecule has 0 aromatic carbocycles. The predicted molar refractivity (Wildman–Crippen MR) is 41.6 cm³/mol. The Morgan fingerprint density at radius 1 is 1.17 bits per heavy atom. The lowest BCUT2D eigenvalue weighted by Crippen LogP contribution is -2.16. The molecule has 0 saturated heterocycles. The highest BCUT2D eigenvalue weighted by molar-refractivity contribution is 6.33. The molecule has 0 unspecified atom stereocenters. The van der Waals surface area contributed by atoms with Crippen LogP contribution in [0.4, 0.5) is 0 Å². The second kappa shape index (κ2) is 5.46. The summed E-state index contributed by atoms with van der Waals surface area (Å²) in [5.74, 6) is -1.54. The van der Waals surface area contributed by atoms with E-state index in [-0.39, 0.29) is 18.6 Å². The Hall–Kier alpha value is -1.19. The van der Waals surface area contributed by atoms with E-state index in [1.165, 1.54) is 0 Å². The molecule has 0 spiro atoms. The molecule has 0 aromatic heterocycles. The topological polar surface area (TPSA) is 60.4 Å². The average molecular weight is 172 g/mol. The van der Waals surface area contributed by atoms with E-state index >= 15 is 0 Å². The maximum atomic E-state index is 10.8. The van der Waals surface area contributed by atoms with Gasteiger partial charge in [0, 0.05) is 19.3 Å². The van der Waals surface area contributed by atoms with Gasteiger partial charge in [-0.1, -0.05) is 6.92 Å². The number of carbonyl (C=O) groups is 3. The Kier molecular flexibility index (Phi) is 4.92. The molecule has 0 atom stereocenters. The first kappa shape index (κ1) is 10.8. The highest BCUT2D eigenvalue weighted by atomic mass is 16.5. The summed E-state index contributed by atoms with van der Waals surface area (Å²) >= 11 is 0. The van der Waals surface area contributed by atoms with Gasteiger partial charge in [-0.3, -0.25) is 9.59 Å². The van der Waals surface area contributed by atoms with E-state index in [0.717, 1.165) is 7.11 Å². The Bertz CT molecular complexity index is 195. The molecule has 0 amide bonds. The monoisotopic (exact) mass is 172 g/mol. The summed E-state index contributed by atoms with van der Waals surface area (Å²) in [6.07, 6.45) is 0.484. The van der Waals surface area contributed by atoms with Gasteiger partial charge in [0.1, 0.15) is 5.78 Å². The Morgan fingerprint density at radius 3 is 2.17 bits per heavy atom.